The molecule has 26 heavy (non-hydrogen) atoms. The molecule has 1 aliphatic rings. The third-order valence-electron chi connectivity index (χ3n) is 4.48. The molecule has 1 aliphatic heterocycles. The highest BCUT2D eigenvalue weighted by atomic mass is 127. The summed E-state index contributed by atoms with van der Waals surface area (Å²) in [6.07, 6.45) is 4.06. The molecule has 0 atom stereocenters. The molecule has 2 N–H and O–H groups in total. The summed E-state index contributed by atoms with van der Waals surface area (Å²) >= 11 is 0. The molecule has 1 fully saturated rings. The number of aromatic nitrogens is 1. The van der Waals surface area contributed by atoms with Crippen LogP contribution in [-0.2, 0) is 6.54 Å². The number of halogens is 1. The molecule has 0 aliphatic carbocycles. The smallest absolute Gasteiger partial charge is 0.218 e. The molecule has 2 rings (SSSR count). The molecular weight excluding hydrogens is 441 g/mol. The van der Waals surface area contributed by atoms with E-state index in [1.807, 2.05) is 19.1 Å². The highest BCUT2D eigenvalue weighted by Crippen LogP contribution is 2.16. The number of rotatable bonds is 7. The minimum absolute atomic E-state index is 0. The molecule has 1 aromatic rings. The second kappa shape index (κ2) is 12.3. The molecule has 2 heterocycles. The number of ether oxygens (including phenoxy) is 1. The fourth-order valence-electron chi connectivity index (χ4n) is 3.05. The highest BCUT2D eigenvalue weighted by molar-refractivity contribution is 14.0. The van der Waals surface area contributed by atoms with Gasteiger partial charge in [-0.15, -0.1) is 24.0 Å². The average Bonchev–Trinajstić information content (AvgIpc) is 2.61. The maximum atomic E-state index is 5.59. The van der Waals surface area contributed by atoms with Gasteiger partial charge in [-0.3, -0.25) is 0 Å². The monoisotopic (exact) mass is 475 g/mol. The van der Waals surface area contributed by atoms with E-state index < -0.39 is 0 Å². The highest BCUT2D eigenvalue weighted by Gasteiger charge is 2.21. The van der Waals surface area contributed by atoms with Gasteiger partial charge in [0.15, 0.2) is 5.96 Å². The topological polar surface area (TPSA) is 61.8 Å². The van der Waals surface area contributed by atoms with Crippen LogP contribution in [0.2, 0.25) is 0 Å². The summed E-state index contributed by atoms with van der Waals surface area (Å²) in [6, 6.07) is 5.06. The third-order valence-corrected chi connectivity index (χ3v) is 4.48. The fourth-order valence-corrected chi connectivity index (χ4v) is 3.05. The molecule has 7 heteroatoms. The molecule has 1 saturated heterocycles. The van der Waals surface area contributed by atoms with Crippen molar-refractivity contribution in [1.29, 1.82) is 0 Å². The molecule has 0 bridgehead atoms. The Morgan fingerprint density at radius 2 is 2.08 bits per heavy atom. The van der Waals surface area contributed by atoms with E-state index in [4.69, 9.17) is 9.73 Å². The summed E-state index contributed by atoms with van der Waals surface area (Å²) in [5.41, 5.74) is 1.01. The Kier molecular flexibility index (Phi) is 10.9. The van der Waals surface area contributed by atoms with Crippen LogP contribution in [0.15, 0.2) is 23.3 Å². The Morgan fingerprint density at radius 3 is 2.69 bits per heavy atom. The Bertz CT molecular complexity index is 544. The van der Waals surface area contributed by atoms with Crippen molar-refractivity contribution >= 4 is 29.9 Å². The Balaban J connectivity index is 0.00000338. The van der Waals surface area contributed by atoms with Crippen molar-refractivity contribution in [3.63, 3.8) is 0 Å². The van der Waals surface area contributed by atoms with Gasteiger partial charge in [0.2, 0.25) is 5.88 Å². The van der Waals surface area contributed by atoms with Crippen LogP contribution < -0.4 is 15.4 Å². The zero-order valence-corrected chi connectivity index (χ0v) is 18.8. The summed E-state index contributed by atoms with van der Waals surface area (Å²) in [5, 5.41) is 6.94. The molecule has 0 spiro atoms. The van der Waals surface area contributed by atoms with Crippen molar-refractivity contribution in [2.45, 2.75) is 59.2 Å². The minimum Gasteiger partial charge on any atom is -0.478 e. The average molecular weight is 475 g/mol. The van der Waals surface area contributed by atoms with Gasteiger partial charge in [0.1, 0.15) is 0 Å². The maximum Gasteiger partial charge on any atom is 0.218 e. The SMILES string of the molecule is CCNC(=NCc1cccnc1OCC)NC1CCN(C(C)C)CC1.I. The first-order chi connectivity index (χ1) is 12.1. The van der Waals surface area contributed by atoms with Gasteiger partial charge in [-0.25, -0.2) is 9.98 Å². The van der Waals surface area contributed by atoms with Crippen molar-refractivity contribution in [2.75, 3.05) is 26.2 Å². The lowest BCUT2D eigenvalue weighted by Gasteiger charge is -2.35. The Morgan fingerprint density at radius 1 is 1.35 bits per heavy atom. The lowest BCUT2D eigenvalue weighted by atomic mass is 10.0. The van der Waals surface area contributed by atoms with Crippen molar-refractivity contribution in [3.8, 4) is 5.88 Å². The lowest BCUT2D eigenvalue weighted by molar-refractivity contribution is 0.167. The Labute approximate surface area is 175 Å². The second-order valence-electron chi connectivity index (χ2n) is 6.64. The predicted octanol–water partition coefficient (Wildman–Crippen LogP) is 3.03. The number of hydrogen-bond donors (Lipinski definition) is 2. The summed E-state index contributed by atoms with van der Waals surface area (Å²) in [6.45, 7) is 12.9. The number of likely N-dealkylation sites (tertiary alicyclic amines) is 1. The van der Waals surface area contributed by atoms with E-state index in [2.05, 4.69) is 41.3 Å². The summed E-state index contributed by atoms with van der Waals surface area (Å²) in [4.78, 5) is 11.6. The summed E-state index contributed by atoms with van der Waals surface area (Å²) in [5.74, 6) is 1.55. The maximum absolute atomic E-state index is 5.59. The minimum atomic E-state index is 0. The van der Waals surface area contributed by atoms with Gasteiger partial charge in [0, 0.05) is 43.5 Å². The number of piperidine rings is 1. The molecule has 6 nitrogen and oxygen atoms in total. The summed E-state index contributed by atoms with van der Waals surface area (Å²) in [7, 11) is 0. The standard InChI is InChI=1S/C19H33N5O.HI/c1-5-20-19(23-17-9-12-24(13-10-17)15(3)4)22-14-16-8-7-11-21-18(16)25-6-2;/h7-8,11,15,17H,5-6,9-10,12-14H2,1-4H3,(H2,20,22,23);1H. The number of nitrogens with zero attached hydrogens (tertiary/aromatic N) is 3. The van der Waals surface area contributed by atoms with Crippen molar-refractivity contribution in [1.82, 2.24) is 20.5 Å². The van der Waals surface area contributed by atoms with E-state index in [1.165, 1.54) is 0 Å². The number of aliphatic imine (C=N–C) groups is 1. The van der Waals surface area contributed by atoms with Crippen molar-refractivity contribution < 1.29 is 4.74 Å². The van der Waals surface area contributed by atoms with E-state index in [0.29, 0.717) is 31.1 Å². The number of nitrogens with one attached hydrogen (secondary N) is 2. The van der Waals surface area contributed by atoms with Crippen LogP contribution in [-0.4, -0.2) is 54.2 Å². The van der Waals surface area contributed by atoms with Gasteiger partial charge in [0.05, 0.1) is 13.2 Å². The molecule has 0 unspecified atom stereocenters. The molecule has 0 saturated carbocycles. The first-order valence-corrected chi connectivity index (χ1v) is 9.49. The fraction of sp³-hybridized carbons (Fsp3) is 0.684. The largest absolute Gasteiger partial charge is 0.478 e. The van der Waals surface area contributed by atoms with E-state index in [1.54, 1.807) is 6.20 Å². The van der Waals surface area contributed by atoms with Gasteiger partial charge in [-0.05, 0) is 46.6 Å². The van der Waals surface area contributed by atoms with Crippen LogP contribution in [0, 0.1) is 0 Å². The zero-order valence-electron chi connectivity index (χ0n) is 16.5. The normalized spacial score (nSPS) is 16.3. The Hall–Kier alpha value is -1.09. The summed E-state index contributed by atoms with van der Waals surface area (Å²) < 4.78 is 5.59. The van der Waals surface area contributed by atoms with E-state index >= 15 is 0 Å². The molecule has 148 valence electrons. The van der Waals surface area contributed by atoms with E-state index in [0.717, 1.165) is 44.0 Å². The lowest BCUT2D eigenvalue weighted by Crippen LogP contribution is -2.49. The molecular formula is C19H34IN5O. The van der Waals surface area contributed by atoms with Gasteiger partial charge < -0.3 is 20.3 Å². The van der Waals surface area contributed by atoms with Crippen LogP contribution in [0.1, 0.15) is 46.1 Å². The van der Waals surface area contributed by atoms with Gasteiger partial charge in [-0.2, -0.15) is 0 Å². The van der Waals surface area contributed by atoms with Crippen LogP contribution in [0.5, 0.6) is 5.88 Å². The van der Waals surface area contributed by atoms with E-state index in [9.17, 15) is 0 Å². The molecule has 0 amide bonds. The predicted molar refractivity (Wildman–Crippen MR) is 119 cm³/mol. The molecule has 0 radical (unpaired) electrons. The van der Waals surface area contributed by atoms with Gasteiger partial charge >= 0.3 is 0 Å². The van der Waals surface area contributed by atoms with Crippen LogP contribution >= 0.6 is 24.0 Å². The first kappa shape index (κ1) is 23.0. The molecule has 1 aromatic heterocycles. The van der Waals surface area contributed by atoms with Crippen LogP contribution in [0.25, 0.3) is 0 Å². The quantitative estimate of drug-likeness (QED) is 0.361. The number of pyridine rings is 1. The first-order valence-electron chi connectivity index (χ1n) is 9.49. The van der Waals surface area contributed by atoms with Crippen molar-refractivity contribution in [2.24, 2.45) is 4.99 Å². The second-order valence-corrected chi connectivity index (χ2v) is 6.64. The number of hydrogen-bond acceptors (Lipinski definition) is 4. The van der Waals surface area contributed by atoms with Crippen molar-refractivity contribution in [3.05, 3.63) is 23.9 Å². The molecule has 0 aromatic carbocycles. The van der Waals surface area contributed by atoms with Gasteiger partial charge in [0.25, 0.3) is 0 Å². The van der Waals surface area contributed by atoms with Gasteiger partial charge in [-0.1, -0.05) is 6.07 Å². The zero-order chi connectivity index (χ0) is 18.1. The third kappa shape index (κ3) is 7.26. The van der Waals surface area contributed by atoms with E-state index in [-0.39, 0.29) is 24.0 Å². The van der Waals surface area contributed by atoms with Crippen LogP contribution in [0.4, 0.5) is 0 Å². The van der Waals surface area contributed by atoms with Crippen LogP contribution in [0.3, 0.4) is 0 Å². The number of guanidine groups is 1.